The van der Waals surface area contributed by atoms with Gasteiger partial charge in [0.05, 0.1) is 6.54 Å². The number of guanidine groups is 1. The molecule has 1 aliphatic heterocycles. The van der Waals surface area contributed by atoms with E-state index in [1.165, 1.54) is 0 Å². The zero-order chi connectivity index (χ0) is 16.5. The molecule has 1 saturated heterocycles. The normalized spacial score (nSPS) is 14.5. The highest BCUT2D eigenvalue weighted by molar-refractivity contribution is 14.0. The van der Waals surface area contributed by atoms with Crippen LogP contribution in [-0.2, 0) is 11.3 Å². The van der Waals surface area contributed by atoms with Gasteiger partial charge in [-0.1, -0.05) is 17.7 Å². The van der Waals surface area contributed by atoms with Gasteiger partial charge in [0.1, 0.15) is 5.15 Å². The lowest BCUT2D eigenvalue weighted by molar-refractivity contribution is -0.127. The van der Waals surface area contributed by atoms with Crippen LogP contribution >= 0.6 is 35.6 Å². The summed E-state index contributed by atoms with van der Waals surface area (Å²) in [7, 11) is 0. The first-order valence-corrected chi connectivity index (χ1v) is 8.47. The van der Waals surface area contributed by atoms with Gasteiger partial charge < -0.3 is 15.5 Å². The van der Waals surface area contributed by atoms with Crippen molar-refractivity contribution in [3.05, 3.63) is 29.0 Å². The van der Waals surface area contributed by atoms with Crippen LogP contribution in [0, 0.1) is 0 Å². The largest absolute Gasteiger partial charge is 0.357 e. The van der Waals surface area contributed by atoms with Crippen LogP contribution in [0.15, 0.2) is 23.3 Å². The molecule has 0 atom stereocenters. The van der Waals surface area contributed by atoms with E-state index in [0.29, 0.717) is 18.1 Å². The average molecular weight is 466 g/mol. The number of likely N-dealkylation sites (tertiary alicyclic amines) is 1. The summed E-state index contributed by atoms with van der Waals surface area (Å²) in [6.45, 7) is 5.88. The molecule has 2 N–H and O–H groups in total. The molecule has 0 spiro atoms. The summed E-state index contributed by atoms with van der Waals surface area (Å²) in [5, 5.41) is 6.99. The van der Waals surface area contributed by atoms with Crippen LogP contribution < -0.4 is 10.6 Å². The second-order valence-electron chi connectivity index (χ2n) is 5.45. The van der Waals surface area contributed by atoms with Crippen molar-refractivity contribution >= 4 is 47.4 Å². The van der Waals surface area contributed by atoms with Gasteiger partial charge in [0.25, 0.3) is 0 Å². The van der Waals surface area contributed by atoms with Gasteiger partial charge in [-0.3, -0.25) is 4.79 Å². The Labute approximate surface area is 165 Å². The van der Waals surface area contributed by atoms with E-state index in [2.05, 4.69) is 20.6 Å². The number of aromatic nitrogens is 1. The van der Waals surface area contributed by atoms with Crippen LogP contribution in [0.1, 0.15) is 31.7 Å². The molecule has 0 bridgehead atoms. The van der Waals surface area contributed by atoms with Crippen molar-refractivity contribution in [3.63, 3.8) is 0 Å². The maximum Gasteiger partial charge on any atom is 0.222 e. The number of aliphatic imine (C=N–C) groups is 1. The number of hydrogen-bond donors (Lipinski definition) is 2. The topological polar surface area (TPSA) is 69.6 Å². The van der Waals surface area contributed by atoms with Gasteiger partial charge >= 0.3 is 0 Å². The summed E-state index contributed by atoms with van der Waals surface area (Å²) < 4.78 is 0. The maximum atomic E-state index is 11.5. The fraction of sp³-hybridized carbons (Fsp3) is 0.562. The standard InChI is InChI=1S/C16H24ClN5O.HI/c1-2-18-16(21-12-13-6-7-14(17)20-11-13)19-8-4-10-22-9-3-5-15(22)23;/h6-7,11H,2-5,8-10,12H2,1H3,(H2,18,19,21);1H. The van der Waals surface area contributed by atoms with Crippen molar-refractivity contribution in [2.45, 2.75) is 32.7 Å². The Morgan fingerprint density at radius 3 is 2.88 bits per heavy atom. The first-order valence-electron chi connectivity index (χ1n) is 8.09. The first kappa shape index (κ1) is 21.0. The van der Waals surface area contributed by atoms with Gasteiger partial charge in [0.15, 0.2) is 5.96 Å². The minimum atomic E-state index is 0. The predicted molar refractivity (Wildman–Crippen MR) is 108 cm³/mol. The van der Waals surface area contributed by atoms with E-state index in [0.717, 1.165) is 50.5 Å². The maximum absolute atomic E-state index is 11.5. The van der Waals surface area contributed by atoms with Crippen LogP contribution in [0.3, 0.4) is 0 Å². The molecule has 1 fully saturated rings. The number of nitrogens with one attached hydrogen (secondary N) is 2. The predicted octanol–water partition coefficient (Wildman–Crippen LogP) is 2.42. The summed E-state index contributed by atoms with van der Waals surface area (Å²) in [5.74, 6) is 1.05. The summed E-state index contributed by atoms with van der Waals surface area (Å²) >= 11 is 5.77. The second kappa shape index (κ2) is 11.5. The van der Waals surface area contributed by atoms with E-state index in [9.17, 15) is 4.79 Å². The zero-order valence-electron chi connectivity index (χ0n) is 13.9. The molecular weight excluding hydrogens is 441 g/mol. The highest BCUT2D eigenvalue weighted by Gasteiger charge is 2.18. The Balaban J connectivity index is 0.00000288. The number of carbonyl (C=O) groups is 1. The molecule has 6 nitrogen and oxygen atoms in total. The minimum Gasteiger partial charge on any atom is -0.357 e. The SMILES string of the molecule is CCNC(=NCc1ccc(Cl)nc1)NCCCN1CCCC1=O.I. The highest BCUT2D eigenvalue weighted by atomic mass is 127. The van der Waals surface area contributed by atoms with E-state index < -0.39 is 0 Å². The van der Waals surface area contributed by atoms with Crippen LogP contribution in [0.4, 0.5) is 0 Å². The van der Waals surface area contributed by atoms with Crippen LogP contribution in [0.2, 0.25) is 5.15 Å². The Morgan fingerprint density at radius 1 is 1.42 bits per heavy atom. The fourth-order valence-corrected chi connectivity index (χ4v) is 2.54. The van der Waals surface area contributed by atoms with Gasteiger partial charge in [0, 0.05) is 38.8 Å². The molecule has 0 radical (unpaired) electrons. The first-order chi connectivity index (χ1) is 11.2. The number of amides is 1. The number of pyridine rings is 1. The lowest BCUT2D eigenvalue weighted by Crippen LogP contribution is -2.39. The van der Waals surface area contributed by atoms with Crippen LogP contribution in [-0.4, -0.2) is 47.9 Å². The van der Waals surface area contributed by atoms with E-state index >= 15 is 0 Å². The molecule has 0 unspecified atom stereocenters. The van der Waals surface area contributed by atoms with Crippen molar-refractivity contribution in [3.8, 4) is 0 Å². The second-order valence-corrected chi connectivity index (χ2v) is 5.84. The number of carbonyl (C=O) groups excluding carboxylic acids is 1. The molecule has 2 rings (SSSR count). The summed E-state index contributed by atoms with van der Waals surface area (Å²) in [6.07, 6.45) is 4.34. The van der Waals surface area contributed by atoms with Crippen LogP contribution in [0.5, 0.6) is 0 Å². The summed E-state index contributed by atoms with van der Waals surface area (Å²) in [6, 6.07) is 3.68. The smallest absolute Gasteiger partial charge is 0.222 e. The van der Waals surface area contributed by atoms with Gasteiger partial charge in [-0.05, 0) is 31.4 Å². The van der Waals surface area contributed by atoms with E-state index in [1.54, 1.807) is 12.3 Å². The molecule has 2 heterocycles. The lowest BCUT2D eigenvalue weighted by atomic mass is 10.3. The van der Waals surface area contributed by atoms with Crippen molar-refractivity contribution < 1.29 is 4.79 Å². The molecule has 0 aliphatic carbocycles. The quantitative estimate of drug-likeness (QED) is 0.213. The fourth-order valence-electron chi connectivity index (χ4n) is 2.43. The van der Waals surface area contributed by atoms with Gasteiger partial charge in [-0.15, -0.1) is 24.0 Å². The molecule has 1 aliphatic rings. The molecule has 0 aromatic carbocycles. The average Bonchev–Trinajstić information content (AvgIpc) is 2.96. The molecule has 1 amide bonds. The van der Waals surface area contributed by atoms with Crippen LogP contribution in [0.25, 0.3) is 0 Å². The highest BCUT2D eigenvalue weighted by Crippen LogP contribution is 2.09. The third-order valence-corrected chi connectivity index (χ3v) is 3.84. The number of hydrogen-bond acceptors (Lipinski definition) is 3. The molecule has 134 valence electrons. The van der Waals surface area contributed by atoms with E-state index in [4.69, 9.17) is 11.6 Å². The van der Waals surface area contributed by atoms with Crippen molar-refractivity contribution in [1.82, 2.24) is 20.5 Å². The molecular formula is C16H25ClIN5O. The third kappa shape index (κ3) is 7.21. The molecule has 24 heavy (non-hydrogen) atoms. The molecule has 1 aromatic heterocycles. The summed E-state index contributed by atoms with van der Waals surface area (Å²) in [4.78, 5) is 22.1. The minimum absolute atomic E-state index is 0. The summed E-state index contributed by atoms with van der Waals surface area (Å²) in [5.41, 5.74) is 1.01. The van der Waals surface area contributed by atoms with Crippen molar-refractivity contribution in [1.29, 1.82) is 0 Å². The molecule has 1 aromatic rings. The number of halogens is 2. The Hall–Kier alpha value is -1.09. The van der Waals surface area contributed by atoms with E-state index in [-0.39, 0.29) is 29.9 Å². The Bertz CT molecular complexity index is 538. The Kier molecular flexibility index (Phi) is 10.0. The lowest BCUT2D eigenvalue weighted by Gasteiger charge is -2.16. The third-order valence-electron chi connectivity index (χ3n) is 3.62. The molecule has 0 saturated carbocycles. The molecule has 8 heteroatoms. The van der Waals surface area contributed by atoms with Gasteiger partial charge in [0.2, 0.25) is 5.91 Å². The zero-order valence-corrected chi connectivity index (χ0v) is 17.0. The van der Waals surface area contributed by atoms with Gasteiger partial charge in [-0.2, -0.15) is 0 Å². The van der Waals surface area contributed by atoms with Crippen molar-refractivity contribution in [2.75, 3.05) is 26.2 Å². The number of rotatable bonds is 7. The monoisotopic (exact) mass is 465 g/mol. The van der Waals surface area contributed by atoms with E-state index in [1.807, 2.05) is 17.9 Å². The Morgan fingerprint density at radius 2 is 2.25 bits per heavy atom. The van der Waals surface area contributed by atoms with Crippen molar-refractivity contribution in [2.24, 2.45) is 4.99 Å². The van der Waals surface area contributed by atoms with Gasteiger partial charge in [-0.25, -0.2) is 9.98 Å². The number of nitrogens with zero attached hydrogens (tertiary/aromatic N) is 3.